The maximum atomic E-state index is 6.28. The van der Waals surface area contributed by atoms with Gasteiger partial charge in [-0.15, -0.1) is 24.0 Å². The molecule has 1 aliphatic rings. The van der Waals surface area contributed by atoms with Gasteiger partial charge in [0, 0.05) is 50.5 Å². The molecule has 1 atom stereocenters. The van der Waals surface area contributed by atoms with Gasteiger partial charge in [0.2, 0.25) is 0 Å². The van der Waals surface area contributed by atoms with Crippen molar-refractivity contribution in [3.63, 3.8) is 0 Å². The number of rotatable bonds is 4. The van der Waals surface area contributed by atoms with Crippen molar-refractivity contribution in [1.82, 2.24) is 20.6 Å². The first-order valence-corrected chi connectivity index (χ1v) is 9.77. The number of aliphatic imine (C=N–C) groups is 1. The number of aromatic nitrogens is 2. The molecule has 1 fully saturated rings. The number of pyridine rings is 2. The van der Waals surface area contributed by atoms with Crippen molar-refractivity contribution < 1.29 is 0 Å². The Morgan fingerprint density at radius 2 is 1.97 bits per heavy atom. The Hall–Kier alpha value is -2.13. The molecule has 1 unspecified atom stereocenters. The highest BCUT2D eigenvalue weighted by Gasteiger charge is 2.25. The molecular formula is C21H24ClIN6. The van der Waals surface area contributed by atoms with Crippen LogP contribution in [0.2, 0.25) is 5.02 Å². The predicted octanol–water partition coefficient (Wildman–Crippen LogP) is 3.85. The second-order valence-electron chi connectivity index (χ2n) is 6.80. The standard InChI is InChI=1S/C21H23ClN6.HI/c1-23-21(26-13-16-6-2-5-15-7-3-10-24-19(15)16)27-17-9-12-28(14-17)20-18(22)8-4-11-25-20;/h2-8,10-11,17H,9,12-14H2,1H3,(H2,23,26,27);1H. The van der Waals surface area contributed by atoms with E-state index in [0.717, 1.165) is 47.8 Å². The molecule has 0 amide bonds. The second kappa shape index (κ2) is 10.1. The zero-order valence-electron chi connectivity index (χ0n) is 16.2. The molecule has 152 valence electrons. The third kappa shape index (κ3) is 5.08. The van der Waals surface area contributed by atoms with Gasteiger partial charge >= 0.3 is 0 Å². The molecule has 3 heterocycles. The molecular weight excluding hydrogens is 499 g/mol. The van der Waals surface area contributed by atoms with Crippen LogP contribution < -0.4 is 15.5 Å². The van der Waals surface area contributed by atoms with Crippen LogP contribution in [0.15, 0.2) is 59.9 Å². The Kier molecular flexibility index (Phi) is 7.49. The Morgan fingerprint density at radius 3 is 2.79 bits per heavy atom. The number of fused-ring (bicyclic) bond motifs is 1. The Bertz CT molecular complexity index is 990. The molecule has 3 aromatic rings. The fraction of sp³-hybridized carbons (Fsp3) is 0.286. The molecule has 1 aliphatic heterocycles. The average molecular weight is 523 g/mol. The highest BCUT2D eigenvalue weighted by molar-refractivity contribution is 14.0. The lowest BCUT2D eigenvalue weighted by molar-refractivity contribution is 0.648. The lowest BCUT2D eigenvalue weighted by Gasteiger charge is -2.20. The number of anilines is 1. The third-order valence-corrected chi connectivity index (χ3v) is 5.25. The number of halogens is 2. The van der Waals surface area contributed by atoms with Crippen LogP contribution in [0.1, 0.15) is 12.0 Å². The van der Waals surface area contributed by atoms with Gasteiger partial charge in [0.05, 0.1) is 10.5 Å². The van der Waals surface area contributed by atoms with E-state index in [2.05, 4.69) is 54.8 Å². The molecule has 2 N–H and O–H groups in total. The van der Waals surface area contributed by atoms with Crippen LogP contribution in [0.4, 0.5) is 5.82 Å². The minimum atomic E-state index is 0. The summed E-state index contributed by atoms with van der Waals surface area (Å²) in [6.07, 6.45) is 4.61. The van der Waals surface area contributed by atoms with Crippen molar-refractivity contribution in [1.29, 1.82) is 0 Å². The molecule has 0 spiro atoms. The molecule has 1 aromatic carbocycles. The zero-order chi connectivity index (χ0) is 19.3. The van der Waals surface area contributed by atoms with Gasteiger partial charge in [-0.2, -0.15) is 0 Å². The summed E-state index contributed by atoms with van der Waals surface area (Å²) in [6, 6.07) is 14.3. The zero-order valence-corrected chi connectivity index (χ0v) is 19.3. The number of para-hydroxylation sites is 1. The van der Waals surface area contributed by atoms with E-state index in [-0.39, 0.29) is 30.0 Å². The van der Waals surface area contributed by atoms with Crippen LogP contribution in [0, 0.1) is 0 Å². The van der Waals surface area contributed by atoms with Crippen molar-refractivity contribution in [3.8, 4) is 0 Å². The fourth-order valence-corrected chi connectivity index (χ4v) is 3.80. The first-order valence-electron chi connectivity index (χ1n) is 9.40. The van der Waals surface area contributed by atoms with Gasteiger partial charge in [-0.25, -0.2) is 4.98 Å². The maximum Gasteiger partial charge on any atom is 0.191 e. The Morgan fingerprint density at radius 1 is 1.17 bits per heavy atom. The quantitative estimate of drug-likeness (QED) is 0.310. The lowest BCUT2D eigenvalue weighted by Crippen LogP contribution is -2.44. The number of guanidine groups is 1. The summed E-state index contributed by atoms with van der Waals surface area (Å²) in [4.78, 5) is 15.5. The van der Waals surface area contributed by atoms with Crippen LogP contribution in [-0.2, 0) is 6.54 Å². The van der Waals surface area contributed by atoms with Gasteiger partial charge in [0.25, 0.3) is 0 Å². The topological polar surface area (TPSA) is 65.4 Å². The van der Waals surface area contributed by atoms with Gasteiger partial charge in [-0.1, -0.05) is 35.9 Å². The summed E-state index contributed by atoms with van der Waals surface area (Å²) >= 11 is 6.28. The van der Waals surface area contributed by atoms with Gasteiger partial charge < -0.3 is 15.5 Å². The molecule has 8 heteroatoms. The minimum Gasteiger partial charge on any atom is -0.353 e. The second-order valence-corrected chi connectivity index (χ2v) is 7.21. The van der Waals surface area contributed by atoms with Gasteiger partial charge in [0.1, 0.15) is 5.82 Å². The Labute approximate surface area is 192 Å². The van der Waals surface area contributed by atoms with Crippen LogP contribution >= 0.6 is 35.6 Å². The summed E-state index contributed by atoms with van der Waals surface area (Å²) in [6.45, 7) is 2.42. The number of hydrogen-bond acceptors (Lipinski definition) is 4. The number of nitrogens with zero attached hydrogens (tertiary/aromatic N) is 4. The van der Waals surface area contributed by atoms with Gasteiger partial charge in [0.15, 0.2) is 5.96 Å². The van der Waals surface area contributed by atoms with E-state index in [4.69, 9.17) is 11.6 Å². The highest BCUT2D eigenvalue weighted by atomic mass is 127. The summed E-state index contributed by atoms with van der Waals surface area (Å²) in [5.74, 6) is 1.63. The smallest absolute Gasteiger partial charge is 0.191 e. The van der Waals surface area contributed by atoms with Crippen molar-refractivity contribution in [2.45, 2.75) is 19.0 Å². The SMILES string of the molecule is CN=C(NCc1cccc2cccnc12)NC1CCN(c2ncccc2Cl)C1.I. The fourth-order valence-electron chi connectivity index (χ4n) is 3.56. The summed E-state index contributed by atoms with van der Waals surface area (Å²) in [7, 11) is 1.79. The van der Waals surface area contributed by atoms with Crippen molar-refractivity contribution >= 4 is 58.3 Å². The van der Waals surface area contributed by atoms with Crippen molar-refractivity contribution in [2.24, 2.45) is 4.99 Å². The normalized spacial score (nSPS) is 16.6. The average Bonchev–Trinajstić information content (AvgIpc) is 3.19. The van der Waals surface area contributed by atoms with Crippen LogP contribution in [0.3, 0.4) is 0 Å². The summed E-state index contributed by atoms with van der Waals surface area (Å²) < 4.78 is 0. The first-order chi connectivity index (χ1) is 13.7. The van der Waals surface area contributed by atoms with E-state index in [0.29, 0.717) is 11.6 Å². The molecule has 0 aliphatic carbocycles. The summed E-state index contributed by atoms with van der Waals surface area (Å²) in [5.41, 5.74) is 2.17. The van der Waals surface area contributed by atoms with E-state index in [9.17, 15) is 0 Å². The van der Waals surface area contributed by atoms with E-state index in [1.165, 1.54) is 0 Å². The monoisotopic (exact) mass is 522 g/mol. The minimum absolute atomic E-state index is 0. The molecule has 29 heavy (non-hydrogen) atoms. The van der Waals surface area contributed by atoms with E-state index < -0.39 is 0 Å². The van der Waals surface area contributed by atoms with E-state index in [1.54, 1.807) is 13.2 Å². The van der Waals surface area contributed by atoms with Crippen LogP contribution in [0.5, 0.6) is 0 Å². The first kappa shape index (κ1) is 21.6. The van der Waals surface area contributed by atoms with Crippen LogP contribution in [0.25, 0.3) is 10.9 Å². The largest absolute Gasteiger partial charge is 0.353 e. The molecule has 1 saturated heterocycles. The van der Waals surface area contributed by atoms with Crippen molar-refractivity contribution in [3.05, 3.63) is 65.4 Å². The molecule has 2 aromatic heterocycles. The van der Waals surface area contributed by atoms with Crippen LogP contribution in [-0.4, -0.2) is 42.1 Å². The number of nitrogens with one attached hydrogen (secondary N) is 2. The third-order valence-electron chi connectivity index (χ3n) is 4.95. The predicted molar refractivity (Wildman–Crippen MR) is 130 cm³/mol. The van der Waals surface area contributed by atoms with E-state index >= 15 is 0 Å². The number of hydrogen-bond donors (Lipinski definition) is 2. The molecule has 4 rings (SSSR count). The number of benzene rings is 1. The van der Waals surface area contributed by atoms with Gasteiger partial charge in [-0.3, -0.25) is 9.98 Å². The molecule has 6 nitrogen and oxygen atoms in total. The Balaban J connectivity index is 0.00000240. The molecule has 0 bridgehead atoms. The summed E-state index contributed by atoms with van der Waals surface area (Å²) in [5, 5.41) is 8.75. The molecule has 0 radical (unpaired) electrons. The lowest BCUT2D eigenvalue weighted by atomic mass is 10.1. The van der Waals surface area contributed by atoms with E-state index in [1.807, 2.05) is 24.4 Å². The maximum absolute atomic E-state index is 6.28. The van der Waals surface area contributed by atoms with Crippen molar-refractivity contribution in [2.75, 3.05) is 25.0 Å². The van der Waals surface area contributed by atoms with Gasteiger partial charge in [-0.05, 0) is 30.2 Å². The molecule has 0 saturated carbocycles. The highest BCUT2D eigenvalue weighted by Crippen LogP contribution is 2.25.